The molecule has 0 aliphatic rings. The zero-order chi connectivity index (χ0) is 11.3. The molecule has 0 aromatic heterocycles. The van der Waals surface area contributed by atoms with E-state index >= 15 is 0 Å². The topological polar surface area (TPSA) is 0 Å². The van der Waals surface area contributed by atoms with E-state index in [4.69, 9.17) is 0 Å². The van der Waals surface area contributed by atoms with Crippen molar-refractivity contribution in [1.29, 1.82) is 0 Å². The van der Waals surface area contributed by atoms with E-state index in [1.165, 1.54) is 11.1 Å². The van der Waals surface area contributed by atoms with Gasteiger partial charge in [0.1, 0.15) is 0 Å². The second-order valence-electron chi connectivity index (χ2n) is 4.31. The Morgan fingerprint density at radius 1 is 1.00 bits per heavy atom. The molecule has 0 radical (unpaired) electrons. The maximum absolute atomic E-state index is 2.22. The highest BCUT2D eigenvalue weighted by Gasteiger charge is 1.97. The summed E-state index contributed by atoms with van der Waals surface area (Å²) in [5.41, 5.74) is 2.69. The van der Waals surface area contributed by atoms with Crippen LogP contribution >= 0.6 is 11.8 Å². The summed E-state index contributed by atoms with van der Waals surface area (Å²) in [7, 11) is 0. The Morgan fingerprint density at radius 3 is 2.07 bits per heavy atom. The highest BCUT2D eigenvalue weighted by molar-refractivity contribution is 8.02. The van der Waals surface area contributed by atoms with Crippen LogP contribution in [0.15, 0.2) is 29.7 Å². The summed E-state index contributed by atoms with van der Waals surface area (Å²) in [4.78, 5) is 0. The average molecular weight is 220 g/mol. The highest BCUT2D eigenvalue weighted by atomic mass is 32.2. The Bertz CT molecular complexity index is 307. The number of thioether (sulfide) groups is 1. The van der Waals surface area contributed by atoms with Crippen LogP contribution in [0.2, 0.25) is 0 Å². The summed E-state index contributed by atoms with van der Waals surface area (Å²) in [6.45, 7) is 8.85. The zero-order valence-corrected chi connectivity index (χ0v) is 10.8. The van der Waals surface area contributed by atoms with E-state index in [-0.39, 0.29) is 0 Å². The molecule has 0 saturated carbocycles. The molecular weight excluding hydrogens is 200 g/mol. The number of hydrogen-bond acceptors (Lipinski definition) is 1. The van der Waals surface area contributed by atoms with Crippen LogP contribution < -0.4 is 0 Å². The van der Waals surface area contributed by atoms with Gasteiger partial charge in [0.05, 0.1) is 0 Å². The lowest BCUT2D eigenvalue weighted by atomic mass is 10.0. The Kier molecular flexibility index (Phi) is 4.97. The molecule has 0 saturated heterocycles. The fourth-order valence-corrected chi connectivity index (χ4v) is 1.82. The van der Waals surface area contributed by atoms with E-state index in [2.05, 4.69) is 63.4 Å². The normalized spacial score (nSPS) is 11.9. The van der Waals surface area contributed by atoms with Gasteiger partial charge in [-0.05, 0) is 28.5 Å². The maximum Gasteiger partial charge on any atom is 0.00317 e. The van der Waals surface area contributed by atoms with Crippen molar-refractivity contribution < 1.29 is 0 Å². The van der Waals surface area contributed by atoms with Crippen LogP contribution in [0.3, 0.4) is 0 Å². The minimum atomic E-state index is 0.619. The molecule has 15 heavy (non-hydrogen) atoms. The minimum Gasteiger partial charge on any atom is -0.131 e. The van der Waals surface area contributed by atoms with Gasteiger partial charge < -0.3 is 0 Å². The third kappa shape index (κ3) is 4.57. The molecule has 0 heterocycles. The maximum atomic E-state index is 2.22. The summed E-state index contributed by atoms with van der Waals surface area (Å²) in [6.07, 6.45) is 2.18. The molecule has 0 fully saturated rings. The van der Waals surface area contributed by atoms with Crippen molar-refractivity contribution in [3.8, 4) is 0 Å². The molecule has 0 N–H and O–H groups in total. The molecule has 1 aromatic carbocycles. The zero-order valence-electron chi connectivity index (χ0n) is 10.0. The number of rotatable bonds is 4. The van der Waals surface area contributed by atoms with Crippen molar-refractivity contribution in [1.82, 2.24) is 0 Å². The van der Waals surface area contributed by atoms with Gasteiger partial charge in [0.15, 0.2) is 0 Å². The summed E-state index contributed by atoms with van der Waals surface area (Å²) in [6, 6.07) is 8.80. The van der Waals surface area contributed by atoms with Gasteiger partial charge in [0, 0.05) is 5.25 Å². The standard InChI is InChI=1S/C14H20S/c1-11(2)14-7-5-13(6-8-14)9-10-15-12(3)4/h5-12H,1-4H3/b10-9+. The summed E-state index contributed by atoms with van der Waals surface area (Å²) in [5, 5.41) is 2.84. The van der Waals surface area contributed by atoms with Crippen LogP contribution in [0.4, 0.5) is 0 Å². The van der Waals surface area contributed by atoms with Gasteiger partial charge in [-0.3, -0.25) is 0 Å². The quantitative estimate of drug-likeness (QED) is 0.694. The van der Waals surface area contributed by atoms with Crippen molar-refractivity contribution in [2.24, 2.45) is 0 Å². The number of hydrogen-bond donors (Lipinski definition) is 0. The van der Waals surface area contributed by atoms with Gasteiger partial charge >= 0.3 is 0 Å². The fourth-order valence-electron chi connectivity index (χ4n) is 1.27. The van der Waals surface area contributed by atoms with Crippen molar-refractivity contribution in [2.45, 2.75) is 38.9 Å². The van der Waals surface area contributed by atoms with Crippen LogP contribution in [0, 0.1) is 0 Å². The molecule has 1 heteroatoms. The number of benzene rings is 1. The van der Waals surface area contributed by atoms with E-state index in [0.29, 0.717) is 11.2 Å². The van der Waals surface area contributed by atoms with E-state index in [9.17, 15) is 0 Å². The van der Waals surface area contributed by atoms with Crippen LogP contribution in [0.5, 0.6) is 0 Å². The van der Waals surface area contributed by atoms with Crippen LogP contribution in [0.1, 0.15) is 44.7 Å². The largest absolute Gasteiger partial charge is 0.131 e. The van der Waals surface area contributed by atoms with E-state index in [1.807, 2.05) is 11.8 Å². The Labute approximate surface area is 97.8 Å². The second kappa shape index (κ2) is 6.02. The van der Waals surface area contributed by atoms with Gasteiger partial charge in [-0.2, -0.15) is 0 Å². The molecular formula is C14H20S. The summed E-state index contributed by atoms with van der Waals surface area (Å²) < 4.78 is 0. The molecule has 0 aliphatic heterocycles. The first kappa shape index (κ1) is 12.4. The Morgan fingerprint density at radius 2 is 1.60 bits per heavy atom. The lowest BCUT2D eigenvalue weighted by Gasteiger charge is -2.04. The van der Waals surface area contributed by atoms with E-state index in [0.717, 1.165) is 0 Å². The lowest BCUT2D eigenvalue weighted by molar-refractivity contribution is 0.866. The Balaban J connectivity index is 2.60. The van der Waals surface area contributed by atoms with Crippen molar-refractivity contribution in [3.63, 3.8) is 0 Å². The van der Waals surface area contributed by atoms with Gasteiger partial charge in [-0.15, -0.1) is 11.8 Å². The third-order valence-electron chi connectivity index (χ3n) is 2.21. The molecule has 0 aliphatic carbocycles. The third-order valence-corrected chi connectivity index (χ3v) is 3.05. The van der Waals surface area contributed by atoms with Gasteiger partial charge in [0.25, 0.3) is 0 Å². The van der Waals surface area contributed by atoms with Crippen LogP contribution in [-0.2, 0) is 0 Å². The SMILES string of the molecule is CC(C)S/C=C/c1ccc(C(C)C)cc1. The van der Waals surface area contributed by atoms with E-state index < -0.39 is 0 Å². The Hall–Kier alpha value is -0.690. The molecule has 0 atom stereocenters. The fraction of sp³-hybridized carbons (Fsp3) is 0.429. The molecule has 0 unspecified atom stereocenters. The van der Waals surface area contributed by atoms with Crippen molar-refractivity contribution in [2.75, 3.05) is 0 Å². The van der Waals surface area contributed by atoms with Crippen molar-refractivity contribution in [3.05, 3.63) is 40.8 Å². The molecule has 0 spiro atoms. The average Bonchev–Trinajstić information content (AvgIpc) is 2.18. The predicted molar refractivity (Wildman–Crippen MR) is 72.3 cm³/mol. The molecule has 1 aromatic rings. The molecule has 0 bridgehead atoms. The first-order valence-corrected chi connectivity index (χ1v) is 6.46. The van der Waals surface area contributed by atoms with Gasteiger partial charge in [-0.1, -0.05) is 52.0 Å². The predicted octanol–water partition coefficient (Wildman–Crippen LogP) is 4.92. The van der Waals surface area contributed by atoms with Gasteiger partial charge in [0.2, 0.25) is 0 Å². The first-order valence-electron chi connectivity index (χ1n) is 5.51. The highest BCUT2D eigenvalue weighted by Crippen LogP contribution is 2.17. The molecule has 0 amide bonds. The molecule has 0 nitrogen and oxygen atoms in total. The molecule has 82 valence electrons. The van der Waals surface area contributed by atoms with Gasteiger partial charge in [-0.25, -0.2) is 0 Å². The summed E-state index contributed by atoms with van der Waals surface area (Å²) in [5.74, 6) is 0.619. The van der Waals surface area contributed by atoms with Crippen molar-refractivity contribution >= 4 is 17.8 Å². The summed E-state index contributed by atoms with van der Waals surface area (Å²) >= 11 is 1.86. The lowest BCUT2D eigenvalue weighted by Crippen LogP contribution is -1.86. The second-order valence-corrected chi connectivity index (χ2v) is 5.80. The monoisotopic (exact) mass is 220 g/mol. The molecule has 1 rings (SSSR count). The smallest absolute Gasteiger partial charge is 0.00317 e. The minimum absolute atomic E-state index is 0.619. The van der Waals surface area contributed by atoms with Crippen LogP contribution in [0.25, 0.3) is 6.08 Å². The van der Waals surface area contributed by atoms with E-state index in [1.54, 1.807) is 0 Å². The van der Waals surface area contributed by atoms with Crippen LogP contribution in [-0.4, -0.2) is 5.25 Å². The first-order chi connectivity index (χ1) is 7.09.